The topological polar surface area (TPSA) is 113 Å². The van der Waals surface area contributed by atoms with Crippen LogP contribution in [0, 0.1) is 5.21 Å². The molecule has 8 heteroatoms. The van der Waals surface area contributed by atoms with Gasteiger partial charge in [0.2, 0.25) is 0 Å². The van der Waals surface area contributed by atoms with Crippen LogP contribution in [-0.2, 0) is 22.4 Å². The van der Waals surface area contributed by atoms with E-state index < -0.39 is 11.1 Å². The summed E-state index contributed by atoms with van der Waals surface area (Å²) in [6, 6.07) is 0. The third-order valence-electron chi connectivity index (χ3n) is 3.17. The second kappa shape index (κ2) is 10.1. The standard InChI is InChI=1S/C12H24N4O2.O.Tc/c1-9(15-17)11(3,4)13-7-8-14-12(5,6)10(2)16-18;;/h17-18H,7-8H2,1-6H3;;/q-2;;+3/p-1/b15-9+,16-10+;;. The van der Waals surface area contributed by atoms with Crippen LogP contribution in [0.15, 0.2) is 10.3 Å². The third kappa shape index (κ3) is 7.79. The molecule has 0 atom stereocenters. The van der Waals surface area contributed by atoms with E-state index >= 15 is 0 Å². The van der Waals surface area contributed by atoms with Gasteiger partial charge in [0.1, 0.15) is 0 Å². The van der Waals surface area contributed by atoms with Crippen molar-refractivity contribution in [1.82, 2.24) is 0 Å². The van der Waals surface area contributed by atoms with Crippen molar-refractivity contribution < 1.29 is 27.6 Å². The molecule has 0 heterocycles. The number of oxime groups is 1. The van der Waals surface area contributed by atoms with Crippen molar-refractivity contribution in [2.45, 2.75) is 52.6 Å². The molecule has 0 rings (SSSR count). The van der Waals surface area contributed by atoms with Crippen LogP contribution in [0.3, 0.4) is 0 Å². The molecule has 0 fully saturated rings. The second-order valence-electron chi connectivity index (χ2n) is 5.24. The minimum absolute atomic E-state index is 0.454. The van der Waals surface area contributed by atoms with Crippen LogP contribution in [-0.4, -0.2) is 40.8 Å². The van der Waals surface area contributed by atoms with Crippen molar-refractivity contribution in [2.24, 2.45) is 10.3 Å². The summed E-state index contributed by atoms with van der Waals surface area (Å²) in [4.78, 5) is 0. The van der Waals surface area contributed by atoms with Crippen LogP contribution >= 0.6 is 0 Å². The monoisotopic (exact) mass is 368 g/mol. The zero-order valence-electron chi connectivity index (χ0n) is 12.8. The van der Waals surface area contributed by atoms with Gasteiger partial charge in [0.05, 0.1) is 0 Å². The predicted octanol–water partition coefficient (Wildman–Crippen LogP) is 2.98. The van der Waals surface area contributed by atoms with E-state index in [2.05, 4.69) is 20.9 Å². The van der Waals surface area contributed by atoms with Crippen LogP contribution < -0.4 is 0 Å². The average Bonchev–Trinajstić information content (AvgIpc) is 2.43. The fraction of sp³-hybridized carbons (Fsp3) is 0.833. The van der Waals surface area contributed by atoms with E-state index in [-0.39, 0.29) is 0 Å². The second-order valence-corrected chi connectivity index (χ2v) is 5.24. The fourth-order valence-electron chi connectivity index (χ4n) is 1.12. The zero-order valence-corrected chi connectivity index (χ0v) is 14.7. The van der Waals surface area contributed by atoms with Gasteiger partial charge < -0.3 is 26.2 Å². The molecule has 1 N–H and O–H groups in total. The molecule has 0 aromatic carbocycles. The first kappa shape index (κ1) is 21.6. The van der Waals surface area contributed by atoms with Gasteiger partial charge in [0.15, 0.2) is 0 Å². The van der Waals surface area contributed by atoms with E-state index in [1.807, 2.05) is 27.7 Å². The minimum atomic E-state index is -0.554. The van der Waals surface area contributed by atoms with E-state index in [4.69, 9.17) is 8.71 Å². The van der Waals surface area contributed by atoms with E-state index in [1.54, 1.807) is 13.8 Å². The summed E-state index contributed by atoms with van der Waals surface area (Å²) < 4.78 is 8.22. The summed E-state index contributed by atoms with van der Waals surface area (Å²) in [5.41, 5.74) is -0.0497. The number of hydrogen-bond donors (Lipinski definition) is 1. The molecule has 0 unspecified atom stereocenters. The van der Waals surface area contributed by atoms with E-state index in [0.717, 1.165) is 18.9 Å². The van der Waals surface area contributed by atoms with Gasteiger partial charge in [0, 0.05) is 5.71 Å². The molecule has 0 saturated carbocycles. The Bertz CT molecular complexity index is 312. The van der Waals surface area contributed by atoms with Crippen LogP contribution in [0.1, 0.15) is 41.5 Å². The first-order chi connectivity index (χ1) is 9.17. The molecule has 0 spiro atoms. The Balaban J connectivity index is 0. The molecule has 116 valence electrons. The Morgan fingerprint density at radius 2 is 1.40 bits per heavy atom. The molecule has 0 radical (unpaired) electrons. The van der Waals surface area contributed by atoms with Crippen LogP contribution in [0.2, 0.25) is 0 Å². The fourth-order valence-corrected chi connectivity index (χ4v) is 1.12. The van der Waals surface area contributed by atoms with Crippen molar-refractivity contribution in [3.05, 3.63) is 15.8 Å². The van der Waals surface area contributed by atoms with Gasteiger partial charge in [-0.1, -0.05) is 38.8 Å². The molecule has 0 amide bonds. The number of nitrogens with zero attached hydrogens (tertiary/aromatic N) is 4. The number of hydrogen-bond acceptors (Lipinski definition) is 5. The Kier molecular flexibility index (Phi) is 10.9. The molecular weight excluding hydrogens is 346 g/mol. The van der Waals surface area contributed by atoms with Crippen molar-refractivity contribution in [2.75, 3.05) is 13.1 Å². The van der Waals surface area contributed by atoms with Gasteiger partial charge in [0.25, 0.3) is 0 Å². The summed E-state index contributed by atoms with van der Waals surface area (Å²) in [6.45, 7) is 11.8. The van der Waals surface area contributed by atoms with Crippen molar-refractivity contribution >= 4 is 11.4 Å². The van der Waals surface area contributed by atoms with Gasteiger partial charge in [-0.2, -0.15) is 13.1 Å². The van der Waals surface area contributed by atoms with E-state index in [9.17, 15) is 5.21 Å². The van der Waals surface area contributed by atoms with Crippen LogP contribution in [0.25, 0.3) is 10.6 Å². The van der Waals surface area contributed by atoms with Gasteiger partial charge in [-0.3, -0.25) is 0 Å². The van der Waals surface area contributed by atoms with Crippen LogP contribution in [0.5, 0.6) is 0 Å². The molecule has 0 bridgehead atoms. The zero-order chi connectivity index (χ0) is 16.4. The van der Waals surface area contributed by atoms with Crippen molar-refractivity contribution in [3.8, 4) is 0 Å². The normalized spacial score (nSPS) is 13.7. The van der Waals surface area contributed by atoms with Gasteiger partial charge in [-0.05, 0) is 19.6 Å². The first-order valence-electron chi connectivity index (χ1n) is 6.06. The molecule has 0 saturated heterocycles. The predicted molar refractivity (Wildman–Crippen MR) is 76.7 cm³/mol. The maximum atomic E-state index is 10.5. The van der Waals surface area contributed by atoms with Gasteiger partial charge in [-0.15, -0.1) is 5.16 Å². The molecule has 0 aliphatic carbocycles. The average molecular weight is 369 g/mol. The summed E-state index contributed by atoms with van der Waals surface area (Å²) in [5, 5.41) is 34.1. The SMILES string of the molecule is C/C(=N\[O-])C(C)(C)[N-]CC[N-]C(C)(C)/C(C)=N/O.[O]=[Tc+3]. The molecule has 0 aliphatic rings. The Labute approximate surface area is 131 Å². The summed E-state index contributed by atoms with van der Waals surface area (Å²) >= 11 is 0.900. The van der Waals surface area contributed by atoms with Crippen molar-refractivity contribution in [3.63, 3.8) is 0 Å². The molecule has 0 aromatic heterocycles. The molecule has 20 heavy (non-hydrogen) atoms. The summed E-state index contributed by atoms with van der Waals surface area (Å²) in [6.07, 6.45) is 0. The molecular formula is C12H23N4O3Tc. The summed E-state index contributed by atoms with van der Waals surface area (Å²) in [7, 11) is 0. The molecule has 0 aromatic rings. The van der Waals surface area contributed by atoms with E-state index in [1.165, 1.54) is 0 Å². The quantitative estimate of drug-likeness (QED) is 0.322. The summed E-state index contributed by atoms with van der Waals surface area (Å²) in [5.74, 6) is 0. The molecule has 7 nitrogen and oxygen atoms in total. The van der Waals surface area contributed by atoms with Crippen LogP contribution in [0.4, 0.5) is 0 Å². The van der Waals surface area contributed by atoms with Gasteiger partial charge in [-0.25, -0.2) is 0 Å². The van der Waals surface area contributed by atoms with Crippen molar-refractivity contribution in [1.29, 1.82) is 0 Å². The Hall–Kier alpha value is -0.691. The Morgan fingerprint density at radius 3 is 1.70 bits per heavy atom. The third-order valence-corrected chi connectivity index (χ3v) is 3.17. The van der Waals surface area contributed by atoms with Gasteiger partial charge >= 0.3 is 22.4 Å². The number of rotatable bonds is 7. The van der Waals surface area contributed by atoms with E-state index in [0.29, 0.717) is 24.5 Å². The molecule has 0 aliphatic heterocycles. The maximum absolute atomic E-state index is 10.5. The Morgan fingerprint density at radius 1 is 1.05 bits per heavy atom. The first-order valence-corrected chi connectivity index (χ1v) is 6.82.